The van der Waals surface area contributed by atoms with Crippen molar-refractivity contribution in [3.05, 3.63) is 35.9 Å². The van der Waals surface area contributed by atoms with E-state index in [4.69, 9.17) is 5.73 Å². The van der Waals surface area contributed by atoms with Gasteiger partial charge < -0.3 is 5.73 Å². The van der Waals surface area contributed by atoms with E-state index in [0.29, 0.717) is 12.6 Å². The lowest BCUT2D eigenvalue weighted by atomic mass is 10.2. The van der Waals surface area contributed by atoms with Gasteiger partial charge in [-0.2, -0.15) is 0 Å². The maximum Gasteiger partial charge on any atom is 0.0384 e. The third-order valence-electron chi connectivity index (χ3n) is 2.28. The third kappa shape index (κ3) is 4.42. The Hall–Kier alpha value is -0.900. The molecule has 3 heteroatoms. The second-order valence-electron chi connectivity index (χ2n) is 3.90. The van der Waals surface area contributed by atoms with Crippen molar-refractivity contribution in [1.82, 2.24) is 10.4 Å². The highest BCUT2D eigenvalue weighted by Crippen LogP contribution is 2.04. The third-order valence-corrected chi connectivity index (χ3v) is 2.28. The quantitative estimate of drug-likeness (QED) is 0.692. The summed E-state index contributed by atoms with van der Waals surface area (Å²) in [4.78, 5) is 0. The molecule has 0 unspecified atom stereocenters. The van der Waals surface area contributed by atoms with Crippen LogP contribution in [0, 0.1) is 0 Å². The molecule has 3 N–H and O–H groups in total. The first kappa shape index (κ1) is 12.2. The molecule has 0 aliphatic rings. The van der Waals surface area contributed by atoms with Crippen molar-refractivity contribution >= 4 is 0 Å². The molecular formula is C12H21N3. The van der Waals surface area contributed by atoms with E-state index in [1.54, 1.807) is 0 Å². The van der Waals surface area contributed by atoms with Crippen LogP contribution in [-0.2, 0) is 6.54 Å². The molecule has 0 aliphatic carbocycles. The molecule has 0 aromatic heterocycles. The first-order valence-electron chi connectivity index (χ1n) is 5.48. The van der Waals surface area contributed by atoms with Gasteiger partial charge >= 0.3 is 0 Å². The minimum Gasteiger partial charge on any atom is -0.329 e. The molecule has 1 aromatic carbocycles. The summed E-state index contributed by atoms with van der Waals surface area (Å²) in [6.07, 6.45) is 0. The van der Waals surface area contributed by atoms with E-state index in [2.05, 4.69) is 48.5 Å². The Kier molecular flexibility index (Phi) is 5.32. The number of nitrogens with zero attached hydrogens (tertiary/aromatic N) is 1. The highest BCUT2D eigenvalue weighted by Gasteiger charge is 2.08. The van der Waals surface area contributed by atoms with Gasteiger partial charge in [0.15, 0.2) is 0 Å². The van der Waals surface area contributed by atoms with E-state index in [1.807, 2.05) is 6.07 Å². The summed E-state index contributed by atoms with van der Waals surface area (Å²) in [6.45, 7) is 6.75. The van der Waals surface area contributed by atoms with Crippen molar-refractivity contribution in [2.24, 2.45) is 5.73 Å². The lowest BCUT2D eigenvalue weighted by Crippen LogP contribution is -2.44. The van der Waals surface area contributed by atoms with Gasteiger partial charge in [-0.3, -0.25) is 5.43 Å². The first-order chi connectivity index (χ1) is 7.24. The van der Waals surface area contributed by atoms with Gasteiger partial charge in [0.1, 0.15) is 0 Å². The van der Waals surface area contributed by atoms with E-state index in [0.717, 1.165) is 13.1 Å². The van der Waals surface area contributed by atoms with Crippen LogP contribution in [0.4, 0.5) is 0 Å². The Morgan fingerprint density at radius 3 is 2.47 bits per heavy atom. The van der Waals surface area contributed by atoms with Crippen molar-refractivity contribution in [1.29, 1.82) is 0 Å². The number of hydrogen-bond acceptors (Lipinski definition) is 3. The number of rotatable bonds is 6. The van der Waals surface area contributed by atoms with Gasteiger partial charge in [0.2, 0.25) is 0 Å². The van der Waals surface area contributed by atoms with Crippen LogP contribution in [0.25, 0.3) is 0 Å². The monoisotopic (exact) mass is 207 g/mol. The van der Waals surface area contributed by atoms with Crippen LogP contribution in [-0.4, -0.2) is 24.1 Å². The summed E-state index contributed by atoms with van der Waals surface area (Å²) < 4.78 is 0. The molecule has 0 spiro atoms. The molecule has 0 saturated carbocycles. The van der Waals surface area contributed by atoms with Gasteiger partial charge in [-0.1, -0.05) is 30.3 Å². The normalized spacial score (nSPS) is 11.3. The van der Waals surface area contributed by atoms with E-state index >= 15 is 0 Å². The molecule has 0 aliphatic heterocycles. The predicted molar refractivity (Wildman–Crippen MR) is 64.2 cm³/mol. The Balaban J connectivity index is 2.51. The van der Waals surface area contributed by atoms with Crippen LogP contribution in [0.2, 0.25) is 0 Å². The van der Waals surface area contributed by atoms with Crippen molar-refractivity contribution in [2.45, 2.75) is 26.4 Å². The Morgan fingerprint density at radius 1 is 1.27 bits per heavy atom. The van der Waals surface area contributed by atoms with Crippen molar-refractivity contribution in [3.63, 3.8) is 0 Å². The molecule has 3 nitrogen and oxygen atoms in total. The zero-order valence-corrected chi connectivity index (χ0v) is 9.61. The van der Waals surface area contributed by atoms with Crippen molar-refractivity contribution in [3.8, 4) is 0 Å². The van der Waals surface area contributed by atoms with Gasteiger partial charge in [-0.05, 0) is 19.4 Å². The van der Waals surface area contributed by atoms with Crippen LogP contribution in [0.1, 0.15) is 19.4 Å². The zero-order chi connectivity index (χ0) is 11.1. The van der Waals surface area contributed by atoms with E-state index in [9.17, 15) is 0 Å². The van der Waals surface area contributed by atoms with Crippen LogP contribution < -0.4 is 11.2 Å². The molecular weight excluding hydrogens is 186 g/mol. The molecule has 0 atom stereocenters. The largest absolute Gasteiger partial charge is 0.329 e. The minimum atomic E-state index is 0.469. The molecule has 84 valence electrons. The molecule has 1 rings (SSSR count). The fourth-order valence-electron chi connectivity index (χ4n) is 1.41. The maximum absolute atomic E-state index is 5.48. The SMILES string of the molecule is CC(C)N(Cc1ccccc1)NCCN. The topological polar surface area (TPSA) is 41.3 Å². The fraction of sp³-hybridized carbons (Fsp3) is 0.500. The van der Waals surface area contributed by atoms with Gasteiger partial charge in [0.05, 0.1) is 0 Å². The van der Waals surface area contributed by atoms with E-state index in [1.165, 1.54) is 5.56 Å². The fourth-order valence-corrected chi connectivity index (χ4v) is 1.41. The molecule has 1 aromatic rings. The molecule has 0 heterocycles. The average Bonchev–Trinajstić information content (AvgIpc) is 2.25. The first-order valence-corrected chi connectivity index (χ1v) is 5.48. The summed E-state index contributed by atoms with van der Waals surface area (Å²) in [7, 11) is 0. The molecule has 0 radical (unpaired) electrons. The van der Waals surface area contributed by atoms with Gasteiger partial charge in [-0.15, -0.1) is 0 Å². The lowest BCUT2D eigenvalue weighted by molar-refractivity contribution is 0.136. The van der Waals surface area contributed by atoms with Crippen molar-refractivity contribution < 1.29 is 0 Å². The molecule has 15 heavy (non-hydrogen) atoms. The van der Waals surface area contributed by atoms with Crippen LogP contribution in [0.3, 0.4) is 0 Å². The van der Waals surface area contributed by atoms with E-state index < -0.39 is 0 Å². The van der Waals surface area contributed by atoms with E-state index in [-0.39, 0.29) is 0 Å². The summed E-state index contributed by atoms with van der Waals surface area (Å²) in [5.74, 6) is 0. The summed E-state index contributed by atoms with van der Waals surface area (Å²) >= 11 is 0. The average molecular weight is 207 g/mol. The predicted octanol–water partition coefficient (Wildman–Crippen LogP) is 1.36. The number of benzene rings is 1. The Bertz CT molecular complexity index is 259. The smallest absolute Gasteiger partial charge is 0.0384 e. The number of nitrogens with two attached hydrogens (primary N) is 1. The van der Waals surface area contributed by atoms with Gasteiger partial charge in [0.25, 0.3) is 0 Å². The maximum atomic E-state index is 5.48. The molecule has 0 amide bonds. The number of nitrogens with one attached hydrogen (secondary N) is 1. The van der Waals surface area contributed by atoms with Crippen molar-refractivity contribution in [2.75, 3.05) is 13.1 Å². The van der Waals surface area contributed by atoms with Crippen LogP contribution in [0.15, 0.2) is 30.3 Å². The number of hydrazine groups is 1. The summed E-state index contributed by atoms with van der Waals surface area (Å²) in [5, 5.41) is 2.21. The second kappa shape index (κ2) is 6.56. The van der Waals surface area contributed by atoms with Crippen LogP contribution >= 0.6 is 0 Å². The second-order valence-corrected chi connectivity index (χ2v) is 3.90. The highest BCUT2D eigenvalue weighted by molar-refractivity contribution is 5.14. The highest BCUT2D eigenvalue weighted by atomic mass is 15.5. The van der Waals surface area contributed by atoms with Gasteiger partial charge in [-0.25, -0.2) is 5.01 Å². The molecule has 0 saturated heterocycles. The zero-order valence-electron chi connectivity index (χ0n) is 9.61. The summed E-state index contributed by atoms with van der Waals surface area (Å²) in [6, 6.07) is 10.9. The van der Waals surface area contributed by atoms with Crippen LogP contribution in [0.5, 0.6) is 0 Å². The Morgan fingerprint density at radius 2 is 1.93 bits per heavy atom. The molecule has 0 fully saturated rings. The van der Waals surface area contributed by atoms with Gasteiger partial charge in [0, 0.05) is 25.7 Å². The number of hydrogen-bond donors (Lipinski definition) is 2. The summed E-state index contributed by atoms with van der Waals surface area (Å²) in [5.41, 5.74) is 10.1. The lowest BCUT2D eigenvalue weighted by Gasteiger charge is -2.27. The Labute approximate surface area is 92.2 Å². The molecule has 0 bridgehead atoms. The standard InChI is InChI=1S/C12H21N3/c1-11(2)15(14-9-8-13)10-12-6-4-3-5-7-12/h3-7,11,14H,8-10,13H2,1-2H3. The minimum absolute atomic E-state index is 0.469.